The Bertz CT molecular complexity index is 485. The second-order valence-corrected chi connectivity index (χ2v) is 8.23. The van der Waals surface area contributed by atoms with Crippen molar-refractivity contribution in [1.82, 2.24) is 19.6 Å². The van der Waals surface area contributed by atoms with Crippen LogP contribution in [-0.2, 0) is 14.3 Å². The van der Waals surface area contributed by atoms with Gasteiger partial charge in [-0.05, 0) is 32.9 Å². The number of likely N-dealkylation sites (tertiary alicyclic amines) is 2. The lowest BCUT2D eigenvalue weighted by Gasteiger charge is -2.36. The molecule has 0 radical (unpaired) electrons. The third-order valence-corrected chi connectivity index (χ3v) is 5.93. The predicted molar refractivity (Wildman–Crippen MR) is 99.8 cm³/mol. The maximum absolute atomic E-state index is 12.8. The summed E-state index contributed by atoms with van der Waals surface area (Å²) in [5.74, 6) is 0.863. The van der Waals surface area contributed by atoms with Crippen LogP contribution in [0.3, 0.4) is 0 Å². The Morgan fingerprint density at radius 3 is 2.50 bits per heavy atom. The highest BCUT2D eigenvalue weighted by atomic mass is 16.5. The van der Waals surface area contributed by atoms with Gasteiger partial charge in [0.25, 0.3) is 0 Å². The van der Waals surface area contributed by atoms with Gasteiger partial charge in [0, 0.05) is 58.8 Å². The number of rotatable bonds is 6. The Balaban J connectivity index is 1.41. The van der Waals surface area contributed by atoms with E-state index in [0.717, 1.165) is 71.9 Å². The summed E-state index contributed by atoms with van der Waals surface area (Å²) in [6.45, 7) is 8.74. The van der Waals surface area contributed by atoms with Crippen LogP contribution in [0.15, 0.2) is 0 Å². The number of hydrogen-bond donors (Lipinski definition) is 0. The molecular weight excluding hydrogens is 332 g/mol. The molecular formula is C19H34N4O3. The van der Waals surface area contributed by atoms with Crippen molar-refractivity contribution >= 4 is 11.8 Å². The fraction of sp³-hybridized carbons (Fsp3) is 0.895. The summed E-state index contributed by atoms with van der Waals surface area (Å²) in [5, 5.41) is 0. The highest BCUT2D eigenvalue weighted by molar-refractivity contribution is 5.89. The monoisotopic (exact) mass is 366 g/mol. The van der Waals surface area contributed by atoms with Gasteiger partial charge in [0.15, 0.2) is 0 Å². The normalized spacial score (nSPS) is 26.1. The van der Waals surface area contributed by atoms with Gasteiger partial charge in [0.05, 0.1) is 19.1 Å². The molecule has 3 aliphatic heterocycles. The molecule has 1 unspecified atom stereocenters. The molecule has 7 nitrogen and oxygen atoms in total. The molecule has 148 valence electrons. The molecule has 3 saturated heterocycles. The van der Waals surface area contributed by atoms with Crippen molar-refractivity contribution in [2.75, 3.05) is 79.7 Å². The molecule has 3 rings (SSSR count). The van der Waals surface area contributed by atoms with Crippen molar-refractivity contribution in [3.8, 4) is 0 Å². The van der Waals surface area contributed by atoms with Gasteiger partial charge in [0.1, 0.15) is 0 Å². The number of carbonyl (C=O) groups is 2. The Labute approximate surface area is 157 Å². The second-order valence-electron chi connectivity index (χ2n) is 8.23. The number of piperidine rings is 1. The minimum absolute atomic E-state index is 0.132. The van der Waals surface area contributed by atoms with Gasteiger partial charge in [0.2, 0.25) is 11.8 Å². The number of likely N-dealkylation sites (N-methyl/N-ethyl adjacent to an activating group) is 1. The first-order valence-corrected chi connectivity index (χ1v) is 10.0. The molecule has 0 N–H and O–H groups in total. The van der Waals surface area contributed by atoms with Gasteiger partial charge in [-0.3, -0.25) is 14.5 Å². The SMILES string of the molecule is CN(C)CCN1CC(C(=O)N2CCC(CN3CCOCC3)CC2)CC1=O. The van der Waals surface area contributed by atoms with Crippen LogP contribution in [-0.4, -0.2) is 111 Å². The van der Waals surface area contributed by atoms with Crippen LogP contribution in [0.2, 0.25) is 0 Å². The summed E-state index contributed by atoms with van der Waals surface area (Å²) in [5.41, 5.74) is 0. The third kappa shape index (κ3) is 5.18. The highest BCUT2D eigenvalue weighted by Crippen LogP contribution is 2.24. The molecule has 2 amide bonds. The van der Waals surface area contributed by atoms with E-state index in [-0.39, 0.29) is 17.7 Å². The highest BCUT2D eigenvalue weighted by Gasteiger charge is 2.37. The fourth-order valence-corrected chi connectivity index (χ4v) is 4.22. The molecule has 3 aliphatic rings. The van der Waals surface area contributed by atoms with Gasteiger partial charge in [-0.15, -0.1) is 0 Å². The van der Waals surface area contributed by atoms with Crippen LogP contribution < -0.4 is 0 Å². The van der Waals surface area contributed by atoms with E-state index in [0.29, 0.717) is 18.9 Å². The average Bonchev–Trinajstić information content (AvgIpc) is 3.02. The maximum atomic E-state index is 12.8. The van der Waals surface area contributed by atoms with Crippen molar-refractivity contribution in [1.29, 1.82) is 0 Å². The molecule has 0 bridgehead atoms. The van der Waals surface area contributed by atoms with Gasteiger partial charge < -0.3 is 19.4 Å². The van der Waals surface area contributed by atoms with E-state index in [1.807, 2.05) is 23.9 Å². The third-order valence-electron chi connectivity index (χ3n) is 5.93. The fourth-order valence-electron chi connectivity index (χ4n) is 4.22. The van der Waals surface area contributed by atoms with E-state index >= 15 is 0 Å². The lowest BCUT2D eigenvalue weighted by atomic mass is 9.94. The number of nitrogens with zero attached hydrogens (tertiary/aromatic N) is 4. The number of morpholine rings is 1. The predicted octanol–water partition coefficient (Wildman–Crippen LogP) is -0.0327. The number of carbonyl (C=O) groups excluding carboxylic acids is 2. The van der Waals surface area contributed by atoms with Crippen LogP contribution in [0.25, 0.3) is 0 Å². The molecule has 1 atom stereocenters. The largest absolute Gasteiger partial charge is 0.379 e. The first-order chi connectivity index (χ1) is 12.5. The summed E-state index contributed by atoms with van der Waals surface area (Å²) >= 11 is 0. The van der Waals surface area contributed by atoms with E-state index in [1.54, 1.807) is 0 Å². The van der Waals surface area contributed by atoms with Gasteiger partial charge >= 0.3 is 0 Å². The average molecular weight is 367 g/mol. The summed E-state index contributed by atoms with van der Waals surface area (Å²) in [6, 6.07) is 0. The Hall–Kier alpha value is -1.18. The second kappa shape index (κ2) is 9.15. The van der Waals surface area contributed by atoms with E-state index < -0.39 is 0 Å². The summed E-state index contributed by atoms with van der Waals surface area (Å²) in [4.78, 5) is 33.4. The van der Waals surface area contributed by atoms with Crippen LogP contribution >= 0.6 is 0 Å². The van der Waals surface area contributed by atoms with Crippen molar-refractivity contribution < 1.29 is 14.3 Å². The van der Waals surface area contributed by atoms with Crippen LogP contribution in [0.4, 0.5) is 0 Å². The van der Waals surface area contributed by atoms with Gasteiger partial charge in [-0.25, -0.2) is 0 Å². The molecule has 3 fully saturated rings. The van der Waals surface area contributed by atoms with Crippen molar-refractivity contribution in [3.63, 3.8) is 0 Å². The Morgan fingerprint density at radius 1 is 1.15 bits per heavy atom. The first-order valence-electron chi connectivity index (χ1n) is 10.0. The summed E-state index contributed by atoms with van der Waals surface area (Å²) < 4.78 is 5.41. The molecule has 0 aliphatic carbocycles. The molecule has 0 aromatic heterocycles. The molecule has 7 heteroatoms. The topological polar surface area (TPSA) is 56.3 Å². The molecule has 0 spiro atoms. The van der Waals surface area contributed by atoms with E-state index in [4.69, 9.17) is 4.74 Å². The zero-order valence-corrected chi connectivity index (χ0v) is 16.4. The van der Waals surface area contributed by atoms with E-state index in [2.05, 4.69) is 9.80 Å². The zero-order valence-electron chi connectivity index (χ0n) is 16.4. The van der Waals surface area contributed by atoms with Crippen molar-refractivity contribution in [2.45, 2.75) is 19.3 Å². The zero-order chi connectivity index (χ0) is 18.5. The number of hydrogen-bond acceptors (Lipinski definition) is 5. The van der Waals surface area contributed by atoms with Crippen LogP contribution in [0.1, 0.15) is 19.3 Å². The minimum Gasteiger partial charge on any atom is -0.379 e. The van der Waals surface area contributed by atoms with E-state index in [1.165, 1.54) is 0 Å². The summed E-state index contributed by atoms with van der Waals surface area (Å²) in [7, 11) is 4.01. The molecule has 0 saturated carbocycles. The standard InChI is InChI=1S/C19H34N4O3/c1-20(2)7-8-23-15-17(13-18(23)24)19(25)22-5-3-16(4-6-22)14-21-9-11-26-12-10-21/h16-17H,3-15H2,1-2H3. The quantitative estimate of drug-likeness (QED) is 0.661. The number of ether oxygens (including phenoxy) is 1. The van der Waals surface area contributed by atoms with E-state index in [9.17, 15) is 9.59 Å². The van der Waals surface area contributed by atoms with Crippen molar-refractivity contribution in [3.05, 3.63) is 0 Å². The first kappa shape index (κ1) is 19.6. The van der Waals surface area contributed by atoms with Gasteiger partial charge in [-0.1, -0.05) is 0 Å². The molecule has 3 heterocycles. The lowest BCUT2D eigenvalue weighted by molar-refractivity contribution is -0.137. The smallest absolute Gasteiger partial charge is 0.227 e. The Morgan fingerprint density at radius 2 is 1.85 bits per heavy atom. The van der Waals surface area contributed by atoms with Gasteiger partial charge in [-0.2, -0.15) is 0 Å². The van der Waals surface area contributed by atoms with Crippen LogP contribution in [0, 0.1) is 11.8 Å². The minimum atomic E-state index is -0.138. The molecule has 0 aromatic rings. The maximum Gasteiger partial charge on any atom is 0.227 e. The van der Waals surface area contributed by atoms with Crippen LogP contribution in [0.5, 0.6) is 0 Å². The number of amides is 2. The molecule has 26 heavy (non-hydrogen) atoms. The van der Waals surface area contributed by atoms with Crippen molar-refractivity contribution in [2.24, 2.45) is 11.8 Å². The lowest BCUT2D eigenvalue weighted by Crippen LogP contribution is -2.46. The Kier molecular flexibility index (Phi) is 6.89. The molecule has 0 aromatic carbocycles. The summed E-state index contributed by atoms with van der Waals surface area (Å²) in [6.07, 6.45) is 2.54.